The minimum atomic E-state index is -1.22. The molecular formula is C14H26N2O4. The van der Waals surface area contributed by atoms with E-state index in [0.717, 1.165) is 12.8 Å². The van der Waals surface area contributed by atoms with Gasteiger partial charge in [0.15, 0.2) is 0 Å². The normalized spacial score (nSPS) is 25.9. The van der Waals surface area contributed by atoms with Gasteiger partial charge in [0, 0.05) is 13.7 Å². The van der Waals surface area contributed by atoms with Crippen LogP contribution in [0.5, 0.6) is 0 Å². The second-order valence-corrected chi connectivity index (χ2v) is 6.00. The zero-order valence-electron chi connectivity index (χ0n) is 12.9. The van der Waals surface area contributed by atoms with Crippen LogP contribution in [0.3, 0.4) is 0 Å². The predicted octanol–water partition coefficient (Wildman–Crippen LogP) is 1.84. The van der Waals surface area contributed by atoms with Crippen LogP contribution in [0.2, 0.25) is 0 Å². The van der Waals surface area contributed by atoms with Gasteiger partial charge in [0.1, 0.15) is 5.54 Å². The Kier molecular flexibility index (Phi) is 5.39. The van der Waals surface area contributed by atoms with E-state index in [2.05, 4.69) is 5.32 Å². The maximum Gasteiger partial charge on any atom is 0.329 e. The second kappa shape index (κ2) is 6.43. The van der Waals surface area contributed by atoms with Crippen molar-refractivity contribution in [2.24, 2.45) is 0 Å². The Bertz CT molecular complexity index is 374. The fourth-order valence-electron chi connectivity index (χ4n) is 2.58. The molecular weight excluding hydrogens is 260 g/mol. The monoisotopic (exact) mass is 286 g/mol. The third-order valence-corrected chi connectivity index (χ3v) is 4.04. The molecule has 20 heavy (non-hydrogen) atoms. The molecule has 0 spiro atoms. The summed E-state index contributed by atoms with van der Waals surface area (Å²) in [7, 11) is 1.64. The highest BCUT2D eigenvalue weighted by molar-refractivity contribution is 5.86. The highest BCUT2D eigenvalue weighted by atomic mass is 16.5. The van der Waals surface area contributed by atoms with Crippen LogP contribution >= 0.6 is 0 Å². The van der Waals surface area contributed by atoms with E-state index >= 15 is 0 Å². The first-order valence-corrected chi connectivity index (χ1v) is 7.12. The molecule has 0 aromatic carbocycles. The van der Waals surface area contributed by atoms with Gasteiger partial charge >= 0.3 is 12.0 Å². The van der Waals surface area contributed by atoms with Crippen LogP contribution in [0.25, 0.3) is 0 Å². The third kappa shape index (κ3) is 3.85. The quantitative estimate of drug-likeness (QED) is 0.808. The molecule has 0 saturated carbocycles. The Balaban J connectivity index is 2.72. The number of likely N-dealkylation sites (tertiary alicyclic amines) is 1. The van der Waals surface area contributed by atoms with Crippen LogP contribution in [-0.2, 0) is 9.53 Å². The van der Waals surface area contributed by atoms with Crippen molar-refractivity contribution >= 4 is 12.0 Å². The topological polar surface area (TPSA) is 78.9 Å². The lowest BCUT2D eigenvalue weighted by Crippen LogP contribution is -2.59. The Morgan fingerprint density at radius 3 is 2.65 bits per heavy atom. The largest absolute Gasteiger partial charge is 0.480 e. The number of ether oxygens (including phenoxy) is 1. The number of hydrogen-bond donors (Lipinski definition) is 2. The molecule has 0 aromatic rings. The predicted molar refractivity (Wildman–Crippen MR) is 75.7 cm³/mol. The van der Waals surface area contributed by atoms with E-state index in [-0.39, 0.29) is 11.6 Å². The van der Waals surface area contributed by atoms with Gasteiger partial charge in [-0.05, 0) is 33.1 Å². The number of nitrogens with one attached hydrogen (secondary N) is 1. The van der Waals surface area contributed by atoms with Crippen LogP contribution in [0.1, 0.15) is 46.5 Å². The lowest BCUT2D eigenvalue weighted by atomic mass is 9.94. The number of piperidine rings is 1. The van der Waals surface area contributed by atoms with Crippen molar-refractivity contribution in [3.8, 4) is 0 Å². The lowest BCUT2D eigenvalue weighted by Gasteiger charge is -2.40. The van der Waals surface area contributed by atoms with Gasteiger partial charge < -0.3 is 20.1 Å². The van der Waals surface area contributed by atoms with E-state index in [1.165, 1.54) is 0 Å². The van der Waals surface area contributed by atoms with Gasteiger partial charge in [0.2, 0.25) is 0 Å². The van der Waals surface area contributed by atoms with Gasteiger partial charge in [0.05, 0.1) is 12.1 Å². The molecule has 1 fully saturated rings. The molecule has 2 atom stereocenters. The van der Waals surface area contributed by atoms with Gasteiger partial charge in [-0.1, -0.05) is 13.3 Å². The van der Waals surface area contributed by atoms with Crippen LogP contribution in [-0.4, -0.2) is 53.3 Å². The van der Waals surface area contributed by atoms with E-state index in [1.54, 1.807) is 18.9 Å². The number of aliphatic carboxylic acids is 1. The van der Waals surface area contributed by atoms with Gasteiger partial charge in [-0.15, -0.1) is 0 Å². The summed E-state index contributed by atoms with van der Waals surface area (Å²) in [5.74, 6) is -1.00. The highest BCUT2D eigenvalue weighted by Crippen LogP contribution is 2.24. The van der Waals surface area contributed by atoms with E-state index in [0.29, 0.717) is 25.9 Å². The molecule has 2 N–H and O–H groups in total. The van der Waals surface area contributed by atoms with Crippen molar-refractivity contribution in [1.29, 1.82) is 0 Å². The maximum absolute atomic E-state index is 12.3. The summed E-state index contributed by atoms with van der Waals surface area (Å²) in [4.78, 5) is 25.3. The summed E-state index contributed by atoms with van der Waals surface area (Å²) < 4.78 is 5.45. The molecule has 0 bridgehead atoms. The van der Waals surface area contributed by atoms with Crippen LogP contribution in [0.15, 0.2) is 0 Å². The number of carbonyl (C=O) groups excluding carboxylic acids is 1. The van der Waals surface area contributed by atoms with Crippen molar-refractivity contribution in [3.05, 3.63) is 0 Å². The van der Waals surface area contributed by atoms with Gasteiger partial charge in [0.25, 0.3) is 0 Å². The van der Waals surface area contributed by atoms with E-state index in [9.17, 15) is 14.7 Å². The first-order chi connectivity index (χ1) is 9.26. The second-order valence-electron chi connectivity index (χ2n) is 6.00. The summed E-state index contributed by atoms with van der Waals surface area (Å²) >= 11 is 0. The molecule has 2 unspecified atom stereocenters. The summed E-state index contributed by atoms with van der Waals surface area (Å²) in [5.41, 5.74) is -1.56. The van der Waals surface area contributed by atoms with Crippen molar-refractivity contribution in [3.63, 3.8) is 0 Å². The van der Waals surface area contributed by atoms with Crippen molar-refractivity contribution in [2.75, 3.05) is 20.2 Å². The average molecular weight is 286 g/mol. The van der Waals surface area contributed by atoms with Crippen LogP contribution in [0.4, 0.5) is 4.79 Å². The summed E-state index contributed by atoms with van der Waals surface area (Å²) in [6, 6.07) is -0.327. The number of amides is 2. The number of carboxylic acid groups (broad SMARTS) is 1. The summed E-state index contributed by atoms with van der Waals surface area (Å²) in [5, 5.41) is 12.0. The molecule has 1 aliphatic rings. The Morgan fingerprint density at radius 1 is 1.50 bits per heavy atom. The zero-order valence-corrected chi connectivity index (χ0v) is 12.9. The van der Waals surface area contributed by atoms with Crippen molar-refractivity contribution in [1.82, 2.24) is 10.2 Å². The van der Waals surface area contributed by atoms with Crippen molar-refractivity contribution < 1.29 is 19.4 Å². The Labute approximate surface area is 120 Å². The molecule has 1 saturated heterocycles. The molecule has 0 radical (unpaired) electrons. The minimum Gasteiger partial charge on any atom is -0.480 e. The molecule has 6 heteroatoms. The van der Waals surface area contributed by atoms with E-state index < -0.39 is 11.5 Å². The Morgan fingerprint density at radius 2 is 2.15 bits per heavy atom. The molecule has 0 aromatic heterocycles. The average Bonchev–Trinajstić information content (AvgIpc) is 2.38. The molecule has 1 aliphatic heterocycles. The molecule has 116 valence electrons. The number of carboxylic acids is 1. The minimum absolute atomic E-state index is 0.327. The van der Waals surface area contributed by atoms with Gasteiger partial charge in [-0.25, -0.2) is 9.59 Å². The number of rotatable bonds is 5. The number of methoxy groups -OCH3 is 1. The maximum atomic E-state index is 12.3. The van der Waals surface area contributed by atoms with Crippen LogP contribution in [0, 0.1) is 0 Å². The van der Waals surface area contributed by atoms with Crippen molar-refractivity contribution in [2.45, 2.75) is 57.6 Å². The molecule has 2 amide bonds. The first kappa shape index (κ1) is 16.8. The first-order valence-electron chi connectivity index (χ1n) is 7.12. The lowest BCUT2D eigenvalue weighted by molar-refractivity contribution is -0.144. The fourth-order valence-corrected chi connectivity index (χ4v) is 2.58. The smallest absolute Gasteiger partial charge is 0.329 e. The number of urea groups is 1. The molecule has 0 aliphatic carbocycles. The number of nitrogens with zero attached hydrogens (tertiary/aromatic N) is 1. The summed E-state index contributed by atoms with van der Waals surface area (Å²) in [6.45, 7) is 6.53. The Hall–Kier alpha value is -1.30. The number of hydrogen-bond acceptors (Lipinski definition) is 3. The fraction of sp³-hybridized carbons (Fsp3) is 0.857. The molecule has 1 rings (SSSR count). The highest BCUT2D eigenvalue weighted by Gasteiger charge is 2.38. The van der Waals surface area contributed by atoms with Gasteiger partial charge in [-0.2, -0.15) is 0 Å². The third-order valence-electron chi connectivity index (χ3n) is 4.04. The van der Waals surface area contributed by atoms with E-state index in [4.69, 9.17) is 4.74 Å². The zero-order chi connectivity index (χ0) is 15.4. The van der Waals surface area contributed by atoms with Crippen LogP contribution < -0.4 is 5.32 Å². The van der Waals surface area contributed by atoms with E-state index in [1.807, 2.05) is 13.8 Å². The van der Waals surface area contributed by atoms with Gasteiger partial charge in [-0.3, -0.25) is 0 Å². The molecule has 6 nitrogen and oxygen atoms in total. The standard InChI is InChI=1S/C14H26N2O4/c1-5-7-14(3,11(17)18)15-12(19)16-9-6-8-13(2,10-16)20-4/h5-10H2,1-4H3,(H,15,19)(H,17,18). The SMILES string of the molecule is CCCC(C)(NC(=O)N1CCCC(C)(OC)C1)C(=O)O. The summed E-state index contributed by atoms with van der Waals surface area (Å²) in [6.07, 6.45) is 2.86. The molecule has 1 heterocycles. The number of carbonyl (C=O) groups is 2.